The number of hydrogen-bond acceptors (Lipinski definition) is 10. The molecule has 2 atom stereocenters. The van der Waals surface area contributed by atoms with Gasteiger partial charge in [-0.05, 0) is 59.9 Å². The van der Waals surface area contributed by atoms with Crippen LogP contribution >= 0.6 is 0 Å². The third-order valence-electron chi connectivity index (χ3n) is 7.44. The van der Waals surface area contributed by atoms with E-state index >= 15 is 0 Å². The number of carbonyl (C=O) groups is 3. The second kappa shape index (κ2) is 12.6. The van der Waals surface area contributed by atoms with Crippen LogP contribution in [0.5, 0.6) is 28.7 Å². The molecule has 43 heavy (non-hydrogen) atoms. The molecule has 1 aliphatic carbocycles. The van der Waals surface area contributed by atoms with E-state index in [-0.39, 0.29) is 19.0 Å². The topological polar surface area (TPSA) is 136 Å². The molecule has 11 nitrogen and oxygen atoms in total. The fourth-order valence-corrected chi connectivity index (χ4v) is 5.75. The highest BCUT2D eigenvalue weighted by atomic mass is 16.7. The molecule has 0 bridgehead atoms. The average Bonchev–Trinajstić information content (AvgIpc) is 3.60. The molecule has 0 saturated carbocycles. The van der Waals surface area contributed by atoms with Gasteiger partial charge in [-0.2, -0.15) is 0 Å². The standard InChI is InChI=1S/C32H32O11/c1-4-11-39-23-7-8-24-20(12-23)13-26(31(35)36)32(24,21-5-10-27-29(14-21)42-18-41-27)25-9-6-22(37-3)15-28(25)40-17-38-16-30(34)43-19(2)33/h5-10,12,14-15,26H,4,11,13,16-18H2,1-3H3,(H,35,36). The first-order valence-corrected chi connectivity index (χ1v) is 13.8. The lowest BCUT2D eigenvalue weighted by Gasteiger charge is -2.37. The van der Waals surface area contributed by atoms with Crippen molar-refractivity contribution < 1.29 is 52.6 Å². The zero-order valence-electron chi connectivity index (χ0n) is 24.0. The second-order valence-corrected chi connectivity index (χ2v) is 10.1. The first-order chi connectivity index (χ1) is 20.8. The monoisotopic (exact) mass is 592 g/mol. The van der Waals surface area contributed by atoms with Crippen LogP contribution in [0.3, 0.4) is 0 Å². The summed E-state index contributed by atoms with van der Waals surface area (Å²) in [4.78, 5) is 36.0. The van der Waals surface area contributed by atoms with Crippen molar-refractivity contribution in [2.75, 3.05) is 33.9 Å². The van der Waals surface area contributed by atoms with Crippen molar-refractivity contribution in [2.45, 2.75) is 32.1 Å². The smallest absolute Gasteiger partial charge is 0.339 e. The van der Waals surface area contributed by atoms with Gasteiger partial charge in [0.1, 0.15) is 23.9 Å². The van der Waals surface area contributed by atoms with Crippen LogP contribution in [-0.2, 0) is 35.7 Å². The summed E-state index contributed by atoms with van der Waals surface area (Å²) in [5.41, 5.74) is 1.54. The highest BCUT2D eigenvalue weighted by molar-refractivity contribution is 5.84. The quantitative estimate of drug-likeness (QED) is 0.140. The molecule has 2 aliphatic rings. The maximum atomic E-state index is 13.1. The van der Waals surface area contributed by atoms with Gasteiger partial charge in [-0.15, -0.1) is 0 Å². The molecule has 5 rings (SSSR count). The van der Waals surface area contributed by atoms with E-state index < -0.39 is 42.6 Å². The van der Waals surface area contributed by atoms with Gasteiger partial charge in [-0.1, -0.05) is 25.1 Å². The number of rotatable bonds is 12. The van der Waals surface area contributed by atoms with Crippen LogP contribution in [0.4, 0.5) is 0 Å². The summed E-state index contributed by atoms with van der Waals surface area (Å²) in [6, 6.07) is 16.2. The lowest BCUT2D eigenvalue weighted by molar-refractivity contribution is -0.163. The minimum Gasteiger partial charge on any atom is -0.497 e. The van der Waals surface area contributed by atoms with Crippen molar-refractivity contribution in [1.82, 2.24) is 0 Å². The van der Waals surface area contributed by atoms with Gasteiger partial charge in [0.25, 0.3) is 0 Å². The van der Waals surface area contributed by atoms with Crippen molar-refractivity contribution >= 4 is 17.9 Å². The number of ether oxygens (including phenoxy) is 7. The summed E-state index contributed by atoms with van der Waals surface area (Å²) >= 11 is 0. The number of benzene rings is 3. The van der Waals surface area contributed by atoms with Crippen LogP contribution in [-0.4, -0.2) is 56.9 Å². The average molecular weight is 593 g/mol. The molecule has 0 spiro atoms. The second-order valence-electron chi connectivity index (χ2n) is 10.1. The maximum Gasteiger partial charge on any atom is 0.339 e. The number of methoxy groups -OCH3 is 1. The first kappa shape index (κ1) is 29.7. The molecule has 0 aromatic heterocycles. The fraction of sp³-hybridized carbons (Fsp3) is 0.344. The minimum absolute atomic E-state index is 0.0587. The minimum atomic E-state index is -1.25. The van der Waals surface area contributed by atoms with Crippen LogP contribution in [0, 0.1) is 5.92 Å². The number of aliphatic carboxylic acids is 1. The van der Waals surface area contributed by atoms with Gasteiger partial charge in [-0.25, -0.2) is 4.79 Å². The molecule has 1 aliphatic heterocycles. The molecule has 226 valence electrons. The number of fused-ring (bicyclic) bond motifs is 2. The molecule has 11 heteroatoms. The lowest BCUT2D eigenvalue weighted by Crippen LogP contribution is -2.39. The first-order valence-electron chi connectivity index (χ1n) is 13.8. The van der Waals surface area contributed by atoms with Gasteiger partial charge in [0.15, 0.2) is 18.3 Å². The zero-order chi connectivity index (χ0) is 30.6. The summed E-state index contributed by atoms with van der Waals surface area (Å²) in [5.74, 6) is -1.12. The Labute approximate surface area is 248 Å². The summed E-state index contributed by atoms with van der Waals surface area (Å²) < 4.78 is 38.4. The largest absolute Gasteiger partial charge is 0.497 e. The molecular weight excluding hydrogens is 560 g/mol. The zero-order valence-corrected chi connectivity index (χ0v) is 24.0. The van der Waals surface area contributed by atoms with Crippen molar-refractivity contribution in [3.05, 3.63) is 76.9 Å². The van der Waals surface area contributed by atoms with Gasteiger partial charge < -0.3 is 38.3 Å². The van der Waals surface area contributed by atoms with E-state index in [1.165, 1.54) is 7.11 Å². The lowest BCUT2D eigenvalue weighted by atomic mass is 9.64. The SMILES string of the molecule is CCCOc1ccc2c(c1)CC(C(=O)O)C2(c1ccc2c(c1)OCO2)c1ccc(OC)cc1OCOCC(=O)OC(C)=O. The van der Waals surface area contributed by atoms with Crippen LogP contribution < -0.4 is 23.7 Å². The van der Waals surface area contributed by atoms with E-state index in [1.807, 2.05) is 31.2 Å². The summed E-state index contributed by atoms with van der Waals surface area (Å²) in [6.45, 7) is 2.81. The molecule has 1 heterocycles. The van der Waals surface area contributed by atoms with E-state index in [2.05, 4.69) is 4.74 Å². The Morgan fingerprint density at radius 3 is 2.47 bits per heavy atom. The van der Waals surface area contributed by atoms with E-state index in [4.69, 9.17) is 28.4 Å². The molecular formula is C32H32O11. The van der Waals surface area contributed by atoms with Crippen molar-refractivity contribution in [3.63, 3.8) is 0 Å². The number of carbonyl (C=O) groups excluding carboxylic acids is 2. The molecule has 3 aromatic rings. The summed E-state index contributed by atoms with van der Waals surface area (Å²) in [6.07, 6.45) is 1.05. The molecule has 0 radical (unpaired) electrons. The molecule has 0 saturated heterocycles. The van der Waals surface area contributed by atoms with Crippen molar-refractivity contribution in [1.29, 1.82) is 0 Å². The third kappa shape index (κ3) is 5.80. The number of carboxylic acids is 1. The predicted molar refractivity (Wildman–Crippen MR) is 151 cm³/mol. The highest BCUT2D eigenvalue weighted by Crippen LogP contribution is 2.57. The van der Waals surface area contributed by atoms with Crippen LogP contribution in [0.15, 0.2) is 54.6 Å². The van der Waals surface area contributed by atoms with E-state index in [0.29, 0.717) is 40.7 Å². The predicted octanol–water partition coefficient (Wildman–Crippen LogP) is 4.25. The Hall–Kier alpha value is -4.77. The fourth-order valence-electron chi connectivity index (χ4n) is 5.75. The van der Waals surface area contributed by atoms with Crippen LogP contribution in [0.2, 0.25) is 0 Å². The summed E-state index contributed by atoms with van der Waals surface area (Å²) in [7, 11) is 1.50. The maximum absolute atomic E-state index is 13.1. The van der Waals surface area contributed by atoms with Crippen molar-refractivity contribution in [3.8, 4) is 28.7 Å². The molecule has 0 fully saturated rings. The molecule has 3 aromatic carbocycles. The Bertz CT molecular complexity index is 1530. The van der Waals surface area contributed by atoms with E-state index in [1.54, 1.807) is 30.3 Å². The number of carboxylic acid groups (broad SMARTS) is 1. The van der Waals surface area contributed by atoms with Crippen LogP contribution in [0.25, 0.3) is 0 Å². The molecule has 0 amide bonds. The number of esters is 2. The van der Waals surface area contributed by atoms with E-state index in [0.717, 1.165) is 24.5 Å². The van der Waals surface area contributed by atoms with Gasteiger partial charge >= 0.3 is 17.9 Å². The van der Waals surface area contributed by atoms with Gasteiger partial charge in [-0.3, -0.25) is 9.59 Å². The Morgan fingerprint density at radius 2 is 1.72 bits per heavy atom. The highest BCUT2D eigenvalue weighted by Gasteiger charge is 2.54. The molecule has 1 N–H and O–H groups in total. The Balaban J connectivity index is 1.65. The normalized spacial score (nSPS) is 18.1. The Morgan fingerprint density at radius 1 is 0.953 bits per heavy atom. The summed E-state index contributed by atoms with van der Waals surface area (Å²) in [5, 5.41) is 10.7. The van der Waals surface area contributed by atoms with Gasteiger partial charge in [0.05, 0.1) is 25.0 Å². The van der Waals surface area contributed by atoms with E-state index in [9.17, 15) is 19.5 Å². The Kier molecular flexibility index (Phi) is 8.72. The van der Waals surface area contributed by atoms with Gasteiger partial charge in [0, 0.05) is 18.6 Å². The number of hydrogen-bond donors (Lipinski definition) is 1. The molecule has 2 unspecified atom stereocenters. The van der Waals surface area contributed by atoms with Crippen molar-refractivity contribution in [2.24, 2.45) is 5.92 Å². The third-order valence-corrected chi connectivity index (χ3v) is 7.44. The van der Waals surface area contributed by atoms with Gasteiger partial charge in [0.2, 0.25) is 6.79 Å². The van der Waals surface area contributed by atoms with Crippen LogP contribution in [0.1, 0.15) is 42.5 Å².